The van der Waals surface area contributed by atoms with Gasteiger partial charge in [0.15, 0.2) is 0 Å². The minimum Gasteiger partial charge on any atom is -0.507 e. The maximum atomic E-state index is 13.4. The van der Waals surface area contributed by atoms with E-state index in [2.05, 4.69) is 24.4 Å². The molecule has 0 aromatic heterocycles. The van der Waals surface area contributed by atoms with Gasteiger partial charge in [-0.1, -0.05) is 100 Å². The Morgan fingerprint density at radius 1 is 0.733 bits per heavy atom. The number of carboxylic acid groups (broad SMARTS) is 1. The molecule has 0 spiro atoms. The number of carboxylic acids is 1. The lowest BCUT2D eigenvalue weighted by Crippen LogP contribution is -2.31. The van der Waals surface area contributed by atoms with Crippen LogP contribution < -0.4 is 10.2 Å². The summed E-state index contributed by atoms with van der Waals surface area (Å²) >= 11 is 0. The normalized spacial score (nSPS) is 10.4. The van der Waals surface area contributed by atoms with Gasteiger partial charge in [-0.2, -0.15) is 0 Å². The molecule has 0 aliphatic rings. The highest BCUT2D eigenvalue weighted by molar-refractivity contribution is 5.97. The van der Waals surface area contributed by atoms with Crippen molar-refractivity contribution in [3.63, 3.8) is 0 Å². The molecule has 4 aromatic carbocycles. The van der Waals surface area contributed by atoms with Crippen LogP contribution >= 0.6 is 0 Å². The SMILES string of the molecule is CC.CCCCCc1ccc(CNC(=O)c2ccc(CN(C(=O)CCc3ccccc3)c3ccc(O)c(C(=O)O)c3)cc2)cc1. The summed E-state index contributed by atoms with van der Waals surface area (Å²) in [5, 5.41) is 22.5. The minimum atomic E-state index is -1.28. The predicted octanol–water partition coefficient (Wildman–Crippen LogP) is 7.95. The third kappa shape index (κ3) is 10.6. The van der Waals surface area contributed by atoms with E-state index in [1.807, 2.05) is 56.3 Å². The molecule has 0 aliphatic heterocycles. The van der Waals surface area contributed by atoms with Crippen LogP contribution in [0.5, 0.6) is 5.75 Å². The summed E-state index contributed by atoms with van der Waals surface area (Å²) in [7, 11) is 0. The number of carbonyl (C=O) groups excluding carboxylic acids is 2. The molecule has 4 aromatic rings. The third-order valence-corrected chi connectivity index (χ3v) is 7.40. The fourth-order valence-electron chi connectivity index (χ4n) is 4.85. The smallest absolute Gasteiger partial charge is 0.339 e. The Balaban J connectivity index is 0.00000271. The molecular formula is C38H44N2O5. The number of hydrogen-bond acceptors (Lipinski definition) is 4. The van der Waals surface area contributed by atoms with Crippen LogP contribution in [0.1, 0.15) is 89.4 Å². The lowest BCUT2D eigenvalue weighted by atomic mass is 10.1. The molecule has 0 heterocycles. The molecule has 7 nitrogen and oxygen atoms in total. The molecule has 0 fully saturated rings. The molecule has 3 N–H and O–H groups in total. The Morgan fingerprint density at radius 3 is 2.00 bits per heavy atom. The number of nitrogens with zero attached hydrogens (tertiary/aromatic N) is 1. The van der Waals surface area contributed by atoms with E-state index in [-0.39, 0.29) is 36.1 Å². The van der Waals surface area contributed by atoms with Crippen molar-refractivity contribution >= 4 is 23.5 Å². The zero-order chi connectivity index (χ0) is 32.6. The first-order valence-electron chi connectivity index (χ1n) is 15.7. The van der Waals surface area contributed by atoms with Crippen LogP contribution in [0.2, 0.25) is 0 Å². The second-order valence-corrected chi connectivity index (χ2v) is 10.6. The van der Waals surface area contributed by atoms with Crippen LogP contribution in [0.25, 0.3) is 0 Å². The maximum absolute atomic E-state index is 13.4. The second-order valence-electron chi connectivity index (χ2n) is 10.6. The molecule has 0 aliphatic carbocycles. The summed E-state index contributed by atoms with van der Waals surface area (Å²) in [6, 6.07) is 29.1. The Morgan fingerprint density at radius 2 is 1.36 bits per heavy atom. The summed E-state index contributed by atoms with van der Waals surface area (Å²) in [6.07, 6.45) is 5.41. The van der Waals surface area contributed by atoms with Crippen molar-refractivity contribution in [2.24, 2.45) is 0 Å². The van der Waals surface area contributed by atoms with Gasteiger partial charge in [0.1, 0.15) is 11.3 Å². The van der Waals surface area contributed by atoms with Gasteiger partial charge in [0.05, 0.1) is 6.54 Å². The van der Waals surface area contributed by atoms with Gasteiger partial charge < -0.3 is 20.4 Å². The van der Waals surface area contributed by atoms with Gasteiger partial charge in [-0.05, 0) is 71.8 Å². The number of rotatable bonds is 14. The summed E-state index contributed by atoms with van der Waals surface area (Å²) in [6.45, 7) is 6.79. The lowest BCUT2D eigenvalue weighted by Gasteiger charge is -2.24. The van der Waals surface area contributed by atoms with Crippen LogP contribution in [0.4, 0.5) is 5.69 Å². The summed E-state index contributed by atoms with van der Waals surface area (Å²) in [5.74, 6) is -2.04. The van der Waals surface area contributed by atoms with Gasteiger partial charge >= 0.3 is 5.97 Å². The van der Waals surface area contributed by atoms with E-state index in [9.17, 15) is 24.6 Å². The molecule has 0 atom stereocenters. The maximum Gasteiger partial charge on any atom is 0.339 e. The van der Waals surface area contributed by atoms with Crippen LogP contribution in [-0.4, -0.2) is 28.0 Å². The first-order valence-corrected chi connectivity index (χ1v) is 15.7. The van der Waals surface area contributed by atoms with Crippen LogP contribution in [0, 0.1) is 0 Å². The Bertz CT molecular complexity index is 1520. The van der Waals surface area contributed by atoms with E-state index in [4.69, 9.17) is 0 Å². The minimum absolute atomic E-state index is 0.171. The van der Waals surface area contributed by atoms with Crippen molar-refractivity contribution in [2.75, 3.05) is 4.90 Å². The number of aromatic hydroxyl groups is 1. The molecule has 0 saturated carbocycles. The number of unbranched alkanes of at least 4 members (excludes halogenated alkanes) is 2. The molecule has 4 rings (SSSR count). The van der Waals surface area contributed by atoms with Crippen LogP contribution in [0.3, 0.4) is 0 Å². The summed E-state index contributed by atoms with van der Waals surface area (Å²) in [5.41, 5.74) is 4.71. The van der Waals surface area contributed by atoms with Gasteiger partial charge in [0, 0.05) is 24.2 Å². The van der Waals surface area contributed by atoms with Crippen molar-refractivity contribution in [2.45, 2.75) is 72.4 Å². The number of anilines is 1. The average molecular weight is 609 g/mol. The van der Waals surface area contributed by atoms with Gasteiger partial charge in [0.25, 0.3) is 5.91 Å². The molecule has 0 radical (unpaired) electrons. The molecule has 0 unspecified atom stereocenters. The largest absolute Gasteiger partial charge is 0.507 e. The molecule has 0 bridgehead atoms. The molecule has 236 valence electrons. The topological polar surface area (TPSA) is 107 Å². The standard InChI is InChI=1S/C36H38N2O5.C2H6/c1-2-3-5-8-27-11-13-28(14-12-27)24-37-35(41)30-18-15-29(16-19-30)25-38(31-20-21-33(39)32(23-31)36(42)43)34(40)22-17-26-9-6-4-7-10-26;1-2/h4,6-7,9-16,18-21,23,39H,2-3,5,8,17,22,24-25H2,1H3,(H,37,41)(H,42,43);1-2H3. The Kier molecular flexibility index (Phi) is 13.9. The van der Waals surface area contributed by atoms with Crippen molar-refractivity contribution in [1.82, 2.24) is 5.32 Å². The first-order chi connectivity index (χ1) is 21.8. The molecular weight excluding hydrogens is 564 g/mol. The van der Waals surface area contributed by atoms with Crippen molar-refractivity contribution in [3.8, 4) is 5.75 Å². The Hall–Kier alpha value is -4.91. The van der Waals surface area contributed by atoms with E-state index < -0.39 is 5.97 Å². The highest BCUT2D eigenvalue weighted by Gasteiger charge is 2.20. The number of carbonyl (C=O) groups is 3. The van der Waals surface area contributed by atoms with Gasteiger partial charge in [-0.25, -0.2) is 4.79 Å². The van der Waals surface area contributed by atoms with Gasteiger partial charge in [0.2, 0.25) is 5.91 Å². The average Bonchev–Trinajstić information content (AvgIpc) is 3.07. The van der Waals surface area contributed by atoms with Crippen LogP contribution in [0.15, 0.2) is 97.1 Å². The zero-order valence-electron chi connectivity index (χ0n) is 26.5. The number of amides is 2. The molecule has 45 heavy (non-hydrogen) atoms. The summed E-state index contributed by atoms with van der Waals surface area (Å²) in [4.78, 5) is 39.4. The highest BCUT2D eigenvalue weighted by atomic mass is 16.4. The number of hydrogen-bond donors (Lipinski definition) is 3. The van der Waals surface area contributed by atoms with Crippen molar-refractivity contribution in [1.29, 1.82) is 0 Å². The van der Waals surface area contributed by atoms with Crippen LogP contribution in [-0.2, 0) is 30.7 Å². The van der Waals surface area contributed by atoms with E-state index in [1.165, 1.54) is 47.9 Å². The highest BCUT2D eigenvalue weighted by Crippen LogP contribution is 2.26. The fourth-order valence-corrected chi connectivity index (χ4v) is 4.85. The summed E-state index contributed by atoms with van der Waals surface area (Å²) < 4.78 is 0. The second kappa shape index (κ2) is 18.0. The third-order valence-electron chi connectivity index (χ3n) is 7.40. The number of benzene rings is 4. The fraction of sp³-hybridized carbons (Fsp3) is 0.289. The number of aryl methyl sites for hydroxylation is 2. The molecule has 7 heteroatoms. The van der Waals surface area contributed by atoms with Gasteiger partial charge in [-0.3, -0.25) is 9.59 Å². The van der Waals surface area contributed by atoms with Gasteiger partial charge in [-0.15, -0.1) is 0 Å². The lowest BCUT2D eigenvalue weighted by molar-refractivity contribution is -0.118. The van der Waals surface area contributed by atoms with E-state index in [0.29, 0.717) is 24.2 Å². The quantitative estimate of drug-likeness (QED) is 0.126. The van der Waals surface area contributed by atoms with E-state index in [0.717, 1.165) is 23.1 Å². The number of aromatic carboxylic acids is 1. The predicted molar refractivity (Wildman–Crippen MR) is 180 cm³/mol. The zero-order valence-corrected chi connectivity index (χ0v) is 26.5. The number of phenols is 1. The first kappa shape index (κ1) is 34.6. The monoisotopic (exact) mass is 608 g/mol. The van der Waals surface area contributed by atoms with Crippen molar-refractivity contribution < 1.29 is 24.6 Å². The van der Waals surface area contributed by atoms with E-state index >= 15 is 0 Å². The Labute approximate surface area is 266 Å². The number of nitrogens with one attached hydrogen (secondary N) is 1. The molecule has 0 saturated heterocycles. The molecule has 2 amide bonds. The van der Waals surface area contributed by atoms with E-state index in [1.54, 1.807) is 24.3 Å². The van der Waals surface area contributed by atoms with Crippen molar-refractivity contribution in [3.05, 3.63) is 130 Å².